The molecule has 3 unspecified atom stereocenters. The Hall–Kier alpha value is -1.42. The van der Waals surface area contributed by atoms with Crippen molar-refractivity contribution in [3.63, 3.8) is 0 Å². The Morgan fingerprint density at radius 1 is 0.875 bits per heavy atom. The summed E-state index contributed by atoms with van der Waals surface area (Å²) in [5.74, 6) is -22.8. The first-order valence-electron chi connectivity index (χ1n) is 8.95. The van der Waals surface area contributed by atoms with Crippen molar-refractivity contribution in [3.8, 4) is 0 Å². The molecule has 2 heterocycles. The van der Waals surface area contributed by atoms with Gasteiger partial charge in [-0.25, -0.2) is 0 Å². The van der Waals surface area contributed by atoms with Crippen LogP contribution in [0.25, 0.3) is 0 Å². The van der Waals surface area contributed by atoms with E-state index >= 15 is 0 Å². The average Bonchev–Trinajstić information content (AvgIpc) is 3.57. The number of hydrogen-bond donors (Lipinski definition) is 0. The number of halogens is 9. The minimum atomic E-state index is -6.99. The molecule has 0 aliphatic carbocycles. The molecule has 0 aromatic rings. The average molecular weight is 508 g/mol. The smallest absolute Gasteiger partial charge is 0.460 e. The number of epoxide rings is 2. The van der Waals surface area contributed by atoms with Crippen LogP contribution in [0.1, 0.15) is 12.8 Å². The van der Waals surface area contributed by atoms with E-state index in [2.05, 4.69) is 0 Å². The van der Waals surface area contributed by atoms with Gasteiger partial charge in [0.05, 0.1) is 19.6 Å². The maximum absolute atomic E-state index is 13.6. The van der Waals surface area contributed by atoms with Gasteiger partial charge in [0, 0.05) is 12.2 Å². The summed E-state index contributed by atoms with van der Waals surface area (Å²) in [5.41, 5.74) is 0. The van der Waals surface area contributed by atoms with Crippen molar-refractivity contribution < 1.29 is 68.1 Å². The van der Waals surface area contributed by atoms with Gasteiger partial charge in [-0.2, -0.15) is 39.5 Å². The Morgan fingerprint density at radius 3 is 1.84 bits per heavy atom. The van der Waals surface area contributed by atoms with E-state index in [9.17, 15) is 49.1 Å². The van der Waals surface area contributed by atoms with E-state index in [1.807, 2.05) is 0 Å². The number of rotatable bonds is 13. The Morgan fingerprint density at radius 2 is 1.38 bits per heavy atom. The fraction of sp³-hybridized carbons (Fsp3) is 0.875. The molecule has 0 bridgehead atoms. The van der Waals surface area contributed by atoms with Gasteiger partial charge >= 0.3 is 35.9 Å². The Balaban J connectivity index is 1.96. The summed E-state index contributed by atoms with van der Waals surface area (Å²) in [4.78, 5) is 23.9. The van der Waals surface area contributed by atoms with Crippen molar-refractivity contribution in [1.82, 2.24) is 0 Å². The summed E-state index contributed by atoms with van der Waals surface area (Å²) < 4.78 is 135. The highest BCUT2D eigenvalue weighted by Gasteiger charge is 2.81. The summed E-state index contributed by atoms with van der Waals surface area (Å²) >= 11 is 0.154. The Kier molecular flexibility index (Phi) is 8.24. The van der Waals surface area contributed by atoms with Gasteiger partial charge in [-0.05, 0) is 0 Å². The van der Waals surface area contributed by atoms with Gasteiger partial charge in [-0.3, -0.25) is 9.59 Å². The second kappa shape index (κ2) is 9.83. The molecule has 0 N–H and O–H groups in total. The number of thioether (sulfide) groups is 1. The monoisotopic (exact) mass is 508 g/mol. The molecule has 0 radical (unpaired) electrons. The zero-order valence-corrected chi connectivity index (χ0v) is 16.8. The zero-order chi connectivity index (χ0) is 24.4. The molecule has 6 nitrogen and oxygen atoms in total. The lowest BCUT2D eigenvalue weighted by molar-refractivity contribution is -0.396. The molecule has 186 valence electrons. The van der Waals surface area contributed by atoms with Crippen LogP contribution in [-0.2, 0) is 28.5 Å². The first-order chi connectivity index (χ1) is 14.6. The fourth-order valence-electron chi connectivity index (χ4n) is 2.10. The van der Waals surface area contributed by atoms with Crippen LogP contribution in [0.3, 0.4) is 0 Å². The number of esters is 2. The summed E-state index contributed by atoms with van der Waals surface area (Å²) in [6.45, 7) is 0.217. The van der Waals surface area contributed by atoms with E-state index in [-0.39, 0.29) is 37.7 Å². The molecule has 16 heteroatoms. The molecule has 3 atom stereocenters. The Bertz CT molecular complexity index is 679. The number of ether oxygens (including phenoxy) is 4. The highest BCUT2D eigenvalue weighted by molar-refractivity contribution is 8.00. The quantitative estimate of drug-likeness (QED) is 0.215. The predicted molar refractivity (Wildman–Crippen MR) is 87.8 cm³/mol. The first kappa shape index (κ1) is 26.8. The summed E-state index contributed by atoms with van der Waals surface area (Å²) in [7, 11) is 0. The highest BCUT2D eigenvalue weighted by atomic mass is 32.2. The molecular weight excluding hydrogens is 491 g/mol. The van der Waals surface area contributed by atoms with Crippen LogP contribution in [0.2, 0.25) is 0 Å². The number of hydrogen-bond acceptors (Lipinski definition) is 7. The molecule has 0 aromatic carbocycles. The minimum absolute atomic E-state index is 0.154. The molecule has 2 saturated heterocycles. The molecule has 2 aliphatic rings. The molecule has 0 saturated carbocycles. The predicted octanol–water partition coefficient (Wildman–Crippen LogP) is 3.22. The van der Waals surface area contributed by atoms with Crippen LogP contribution >= 0.6 is 11.8 Å². The van der Waals surface area contributed by atoms with Crippen molar-refractivity contribution in [2.75, 3.05) is 32.2 Å². The van der Waals surface area contributed by atoms with Crippen LogP contribution in [0.5, 0.6) is 0 Å². The fourth-order valence-corrected chi connectivity index (χ4v) is 3.21. The maximum Gasteiger partial charge on any atom is 0.460 e. The van der Waals surface area contributed by atoms with Gasteiger partial charge in [-0.15, -0.1) is 11.8 Å². The molecule has 2 rings (SSSR count). The third-order valence-corrected chi connectivity index (χ3v) is 5.41. The van der Waals surface area contributed by atoms with Gasteiger partial charge in [0.2, 0.25) is 0 Å². The third-order valence-electron chi connectivity index (χ3n) is 4.21. The lowest BCUT2D eigenvalue weighted by atomic mass is 10.0. The molecule has 2 fully saturated rings. The number of carbonyl (C=O) groups excluding carboxylic acids is 2. The minimum Gasteiger partial charge on any atom is -0.463 e. The topological polar surface area (TPSA) is 77.7 Å². The normalized spacial score (nSPS) is 22.3. The van der Waals surface area contributed by atoms with Gasteiger partial charge in [0.15, 0.2) is 0 Å². The van der Waals surface area contributed by atoms with Crippen LogP contribution in [0, 0.1) is 0 Å². The van der Waals surface area contributed by atoms with E-state index in [0.29, 0.717) is 6.61 Å². The molecule has 2 aliphatic heterocycles. The second-order valence-electron chi connectivity index (χ2n) is 6.89. The number of alkyl halides is 9. The van der Waals surface area contributed by atoms with Crippen molar-refractivity contribution in [3.05, 3.63) is 0 Å². The van der Waals surface area contributed by atoms with E-state index in [1.54, 1.807) is 0 Å². The van der Waals surface area contributed by atoms with E-state index in [1.165, 1.54) is 0 Å². The third kappa shape index (κ3) is 6.79. The zero-order valence-electron chi connectivity index (χ0n) is 15.9. The summed E-state index contributed by atoms with van der Waals surface area (Å²) in [5, 5.41) is -1.56. The van der Waals surface area contributed by atoms with Crippen LogP contribution in [0.4, 0.5) is 39.5 Å². The van der Waals surface area contributed by atoms with E-state index in [4.69, 9.17) is 18.9 Å². The van der Waals surface area contributed by atoms with Gasteiger partial charge < -0.3 is 18.9 Å². The number of carbonyl (C=O) groups is 2. The van der Waals surface area contributed by atoms with Crippen LogP contribution < -0.4 is 0 Å². The summed E-state index contributed by atoms with van der Waals surface area (Å²) in [6, 6.07) is 0. The lowest BCUT2D eigenvalue weighted by Crippen LogP contribution is -2.61. The second-order valence-corrected chi connectivity index (χ2v) is 8.20. The standard InChI is InChI=1S/C16H17F9O6S/c17-13(18,14(19,20)15(21,22)16(23,24)25)1-2-32-10(12(27)31-7-9-5-29-9)3-11(26)30-6-8-4-28-8/h8-10H,1-7H2. The van der Waals surface area contributed by atoms with Gasteiger partial charge in [0.25, 0.3) is 0 Å². The largest absolute Gasteiger partial charge is 0.463 e. The molecule has 0 amide bonds. The Labute approximate surface area is 179 Å². The van der Waals surface area contributed by atoms with Crippen molar-refractivity contribution >= 4 is 23.7 Å². The lowest BCUT2D eigenvalue weighted by Gasteiger charge is -2.33. The maximum atomic E-state index is 13.6. The van der Waals surface area contributed by atoms with Gasteiger partial charge in [0.1, 0.15) is 30.7 Å². The van der Waals surface area contributed by atoms with Crippen molar-refractivity contribution in [2.45, 2.75) is 54.2 Å². The van der Waals surface area contributed by atoms with Crippen molar-refractivity contribution in [1.29, 1.82) is 0 Å². The molecular formula is C16H17F9O6S. The molecule has 0 spiro atoms. The van der Waals surface area contributed by atoms with E-state index in [0.717, 1.165) is 0 Å². The van der Waals surface area contributed by atoms with Gasteiger partial charge in [-0.1, -0.05) is 0 Å². The van der Waals surface area contributed by atoms with E-state index < -0.39 is 65.8 Å². The van der Waals surface area contributed by atoms with Crippen LogP contribution in [-0.4, -0.2) is 85.5 Å². The summed E-state index contributed by atoms with van der Waals surface area (Å²) in [6.07, 6.45) is -10.5. The molecule has 32 heavy (non-hydrogen) atoms. The SMILES string of the molecule is O=C(CC(SCCC(F)(F)C(F)(F)C(F)(F)C(F)(F)F)C(=O)OCC1CO1)OCC1CO1. The van der Waals surface area contributed by atoms with Crippen molar-refractivity contribution in [2.24, 2.45) is 0 Å². The highest BCUT2D eigenvalue weighted by Crippen LogP contribution is 2.54. The first-order valence-corrected chi connectivity index (χ1v) is 10.0. The van der Waals surface area contributed by atoms with Crippen LogP contribution in [0.15, 0.2) is 0 Å². The molecule has 0 aromatic heterocycles.